The highest BCUT2D eigenvalue weighted by atomic mass is 35.5. The third kappa shape index (κ3) is 4.27. The number of hydrogen-bond acceptors (Lipinski definition) is 4. The Morgan fingerprint density at radius 1 is 1.04 bits per heavy atom. The lowest BCUT2D eigenvalue weighted by atomic mass is 9.94. The maximum Gasteiger partial charge on any atom is 0.213 e. The van der Waals surface area contributed by atoms with E-state index in [2.05, 4.69) is 34.6 Å². The van der Waals surface area contributed by atoms with Crippen molar-refractivity contribution in [1.82, 2.24) is 15.3 Å². The molecule has 3 aromatic rings. The molecule has 2 aromatic heterocycles. The molecule has 0 atom stereocenters. The fraction of sp³-hybridized carbons (Fsp3) is 0.300. The van der Waals surface area contributed by atoms with E-state index >= 15 is 0 Å². The van der Waals surface area contributed by atoms with E-state index in [1.807, 2.05) is 30.5 Å². The van der Waals surface area contributed by atoms with Gasteiger partial charge in [0, 0.05) is 29.3 Å². The highest BCUT2D eigenvalue weighted by Crippen LogP contribution is 2.25. The van der Waals surface area contributed by atoms with E-state index in [1.54, 1.807) is 0 Å². The second kappa shape index (κ2) is 8.28. The highest BCUT2D eigenvalue weighted by Gasteiger charge is 2.16. The van der Waals surface area contributed by atoms with Crippen LogP contribution in [-0.4, -0.2) is 23.1 Å². The molecule has 1 saturated heterocycles. The van der Waals surface area contributed by atoms with Gasteiger partial charge in [-0.3, -0.25) is 4.98 Å². The molecule has 1 aliphatic heterocycles. The minimum atomic E-state index is 0. The molecule has 1 N–H and O–H groups in total. The van der Waals surface area contributed by atoms with Crippen LogP contribution in [0.15, 0.2) is 54.7 Å². The molecule has 25 heavy (non-hydrogen) atoms. The normalized spacial score (nSPS) is 14.9. The van der Waals surface area contributed by atoms with Gasteiger partial charge < -0.3 is 10.1 Å². The number of hydrogen-bond donors (Lipinski definition) is 1. The molecule has 0 spiro atoms. The zero-order chi connectivity index (χ0) is 16.2. The van der Waals surface area contributed by atoms with Gasteiger partial charge in [0.1, 0.15) is 6.61 Å². The van der Waals surface area contributed by atoms with E-state index < -0.39 is 0 Å². The smallest absolute Gasteiger partial charge is 0.213 e. The average Bonchev–Trinajstić information content (AvgIpc) is 2.67. The largest absolute Gasteiger partial charge is 0.473 e. The third-order valence-electron chi connectivity index (χ3n) is 4.56. The Balaban J connectivity index is 0.00000182. The van der Waals surface area contributed by atoms with Crippen LogP contribution in [0, 0.1) is 0 Å². The number of benzene rings is 1. The van der Waals surface area contributed by atoms with E-state index in [0.29, 0.717) is 18.4 Å². The van der Waals surface area contributed by atoms with Crippen molar-refractivity contribution < 1.29 is 4.74 Å². The highest BCUT2D eigenvalue weighted by molar-refractivity contribution is 5.85. The number of nitrogens with zero attached hydrogens (tertiary/aromatic N) is 2. The average molecular weight is 356 g/mol. The standard InChI is InChI=1S/C20H21N3O.ClH/c1-4-19(16-8-11-21-12-9-16)23-20(5-1)24-14-15-6-7-18-17(13-15)3-2-10-22-18;/h1-7,10,13,16,21H,8-9,11-12,14H2;1H. The molecule has 1 aromatic carbocycles. The number of fused-ring (bicyclic) bond motifs is 1. The van der Waals surface area contributed by atoms with Crippen LogP contribution in [0.5, 0.6) is 5.88 Å². The van der Waals surface area contributed by atoms with Crippen molar-refractivity contribution in [2.45, 2.75) is 25.4 Å². The summed E-state index contributed by atoms with van der Waals surface area (Å²) in [5.74, 6) is 1.25. The molecule has 0 bridgehead atoms. The molecule has 0 radical (unpaired) electrons. The molecule has 0 unspecified atom stereocenters. The molecule has 0 amide bonds. The summed E-state index contributed by atoms with van der Waals surface area (Å²) in [6, 6.07) is 16.3. The number of rotatable bonds is 4. The zero-order valence-electron chi connectivity index (χ0n) is 14.0. The number of ether oxygens (including phenoxy) is 1. The van der Waals surface area contributed by atoms with Gasteiger partial charge in [-0.25, -0.2) is 4.98 Å². The first kappa shape index (κ1) is 17.6. The van der Waals surface area contributed by atoms with Crippen LogP contribution >= 0.6 is 12.4 Å². The number of halogens is 1. The van der Waals surface area contributed by atoms with Crippen molar-refractivity contribution in [3.63, 3.8) is 0 Å². The molecule has 5 heteroatoms. The Morgan fingerprint density at radius 3 is 2.80 bits per heavy atom. The van der Waals surface area contributed by atoms with Crippen molar-refractivity contribution >= 4 is 23.3 Å². The topological polar surface area (TPSA) is 47.0 Å². The van der Waals surface area contributed by atoms with E-state index in [1.165, 1.54) is 0 Å². The second-order valence-corrected chi connectivity index (χ2v) is 6.24. The summed E-state index contributed by atoms with van der Waals surface area (Å²) in [6.45, 7) is 2.67. The summed E-state index contributed by atoms with van der Waals surface area (Å²) >= 11 is 0. The Labute approximate surface area is 154 Å². The van der Waals surface area contributed by atoms with Gasteiger partial charge in [-0.1, -0.05) is 18.2 Å². The van der Waals surface area contributed by atoms with Crippen LogP contribution in [-0.2, 0) is 6.61 Å². The van der Waals surface area contributed by atoms with Crippen molar-refractivity contribution in [2.24, 2.45) is 0 Å². The predicted octanol–water partition coefficient (Wildman–Crippen LogP) is 4.10. The maximum absolute atomic E-state index is 5.93. The summed E-state index contributed by atoms with van der Waals surface area (Å²) in [5.41, 5.74) is 3.29. The lowest BCUT2D eigenvalue weighted by molar-refractivity contribution is 0.291. The molecule has 4 rings (SSSR count). The minimum Gasteiger partial charge on any atom is -0.473 e. The monoisotopic (exact) mass is 355 g/mol. The van der Waals surface area contributed by atoms with Gasteiger partial charge in [-0.05, 0) is 55.8 Å². The van der Waals surface area contributed by atoms with Crippen molar-refractivity contribution in [1.29, 1.82) is 0 Å². The van der Waals surface area contributed by atoms with E-state index in [-0.39, 0.29) is 12.4 Å². The van der Waals surface area contributed by atoms with Gasteiger partial charge in [0.15, 0.2) is 0 Å². The molecule has 3 heterocycles. The van der Waals surface area contributed by atoms with Crippen molar-refractivity contribution in [3.05, 3.63) is 66.0 Å². The lowest BCUT2D eigenvalue weighted by Gasteiger charge is -2.22. The SMILES string of the molecule is Cl.c1cc(OCc2ccc3ncccc3c2)nc(C2CCNCC2)c1. The van der Waals surface area contributed by atoms with E-state index in [4.69, 9.17) is 9.72 Å². The molecule has 4 nitrogen and oxygen atoms in total. The van der Waals surface area contributed by atoms with Gasteiger partial charge >= 0.3 is 0 Å². The summed E-state index contributed by atoms with van der Waals surface area (Å²) in [4.78, 5) is 9.06. The molecular weight excluding hydrogens is 334 g/mol. The predicted molar refractivity (Wildman–Crippen MR) is 102 cm³/mol. The summed E-state index contributed by atoms with van der Waals surface area (Å²) in [7, 11) is 0. The quantitative estimate of drug-likeness (QED) is 0.765. The molecule has 1 fully saturated rings. The molecule has 0 saturated carbocycles. The Bertz CT molecular complexity index is 834. The maximum atomic E-state index is 5.93. The van der Waals surface area contributed by atoms with Gasteiger partial charge in [-0.15, -0.1) is 12.4 Å². The third-order valence-corrected chi connectivity index (χ3v) is 4.56. The molecular formula is C20H22ClN3O. The fourth-order valence-corrected chi connectivity index (χ4v) is 3.23. The second-order valence-electron chi connectivity index (χ2n) is 6.24. The van der Waals surface area contributed by atoms with Crippen LogP contribution < -0.4 is 10.1 Å². The Morgan fingerprint density at radius 2 is 1.92 bits per heavy atom. The van der Waals surface area contributed by atoms with Gasteiger partial charge in [0.05, 0.1) is 5.52 Å². The first-order valence-corrected chi connectivity index (χ1v) is 8.53. The number of aromatic nitrogens is 2. The first-order chi connectivity index (χ1) is 11.9. The Kier molecular flexibility index (Phi) is 5.84. The van der Waals surface area contributed by atoms with Crippen LogP contribution in [0.1, 0.15) is 30.0 Å². The number of piperidine rings is 1. The number of nitrogens with one attached hydrogen (secondary N) is 1. The van der Waals surface area contributed by atoms with E-state index in [9.17, 15) is 0 Å². The summed E-state index contributed by atoms with van der Waals surface area (Å²) in [6.07, 6.45) is 4.11. The van der Waals surface area contributed by atoms with Crippen LogP contribution in [0.2, 0.25) is 0 Å². The summed E-state index contributed by atoms with van der Waals surface area (Å²) < 4.78 is 5.93. The van der Waals surface area contributed by atoms with Crippen LogP contribution in [0.3, 0.4) is 0 Å². The first-order valence-electron chi connectivity index (χ1n) is 8.53. The minimum absolute atomic E-state index is 0. The van der Waals surface area contributed by atoms with Crippen LogP contribution in [0.4, 0.5) is 0 Å². The number of pyridine rings is 2. The van der Waals surface area contributed by atoms with Gasteiger partial charge in [-0.2, -0.15) is 0 Å². The Hall–Kier alpha value is -2.17. The van der Waals surface area contributed by atoms with Crippen molar-refractivity contribution in [3.8, 4) is 5.88 Å². The van der Waals surface area contributed by atoms with Crippen LogP contribution in [0.25, 0.3) is 10.9 Å². The van der Waals surface area contributed by atoms with E-state index in [0.717, 1.165) is 48.1 Å². The lowest BCUT2D eigenvalue weighted by Crippen LogP contribution is -2.27. The zero-order valence-corrected chi connectivity index (χ0v) is 14.8. The van der Waals surface area contributed by atoms with Crippen molar-refractivity contribution in [2.75, 3.05) is 13.1 Å². The van der Waals surface area contributed by atoms with Gasteiger partial charge in [0.25, 0.3) is 0 Å². The summed E-state index contributed by atoms with van der Waals surface area (Å²) in [5, 5.41) is 4.53. The molecule has 130 valence electrons. The fourth-order valence-electron chi connectivity index (χ4n) is 3.23. The molecule has 1 aliphatic rings. The van der Waals surface area contributed by atoms with Gasteiger partial charge in [0.2, 0.25) is 5.88 Å². The molecule has 0 aliphatic carbocycles.